The second-order valence-electron chi connectivity index (χ2n) is 6.21. The summed E-state index contributed by atoms with van der Waals surface area (Å²) in [5, 5.41) is 6.88. The average molecular weight is 396 g/mol. The van der Waals surface area contributed by atoms with E-state index in [1.165, 1.54) is 32.4 Å². The number of nitrogens with one attached hydrogen (secondary N) is 2. The number of aliphatic imine (C=N–C) groups is 1. The largest absolute Gasteiger partial charge is 0.356 e. The predicted molar refractivity (Wildman–Crippen MR) is 99.1 cm³/mol. The van der Waals surface area contributed by atoms with Gasteiger partial charge >= 0.3 is 0 Å². The quantitative estimate of drug-likeness (QED) is 0.426. The van der Waals surface area contributed by atoms with Gasteiger partial charge in [-0.1, -0.05) is 13.8 Å². The molecule has 4 nitrogen and oxygen atoms in total. The number of hydrogen-bond donors (Lipinski definition) is 2. The van der Waals surface area contributed by atoms with Crippen LogP contribution >= 0.6 is 24.0 Å². The fourth-order valence-corrected chi connectivity index (χ4v) is 2.32. The highest BCUT2D eigenvalue weighted by Crippen LogP contribution is 2.18. The van der Waals surface area contributed by atoms with E-state index in [2.05, 4.69) is 48.3 Å². The zero-order chi connectivity index (χ0) is 14.3. The fraction of sp³-hybridized carbons (Fsp3) is 0.933. The number of guanidine groups is 1. The molecule has 5 heteroatoms. The Kier molecular flexibility index (Phi) is 10.6. The number of rotatable bonds is 5. The van der Waals surface area contributed by atoms with Gasteiger partial charge in [0.05, 0.1) is 0 Å². The average Bonchev–Trinajstić information content (AvgIpc) is 2.39. The molecule has 0 bridgehead atoms. The molecule has 20 heavy (non-hydrogen) atoms. The molecule has 0 aromatic heterocycles. The predicted octanol–water partition coefficient (Wildman–Crippen LogP) is 2.55. The molecule has 0 amide bonds. The Balaban J connectivity index is 0.00000361. The van der Waals surface area contributed by atoms with Gasteiger partial charge in [0.25, 0.3) is 0 Å². The fourth-order valence-electron chi connectivity index (χ4n) is 2.32. The van der Waals surface area contributed by atoms with Crippen molar-refractivity contribution in [1.29, 1.82) is 0 Å². The zero-order valence-electron chi connectivity index (χ0n) is 13.8. The van der Waals surface area contributed by atoms with Gasteiger partial charge in [-0.05, 0) is 58.2 Å². The molecule has 2 N–H and O–H groups in total. The maximum Gasteiger partial charge on any atom is 0.191 e. The van der Waals surface area contributed by atoms with Gasteiger partial charge < -0.3 is 15.5 Å². The molecule has 1 fully saturated rings. The summed E-state index contributed by atoms with van der Waals surface area (Å²) in [7, 11) is 4.06. The molecule has 0 aromatic rings. The molecule has 0 spiro atoms. The Bertz CT molecular complexity index is 273. The van der Waals surface area contributed by atoms with Crippen LogP contribution < -0.4 is 10.6 Å². The molecule has 1 aliphatic heterocycles. The monoisotopic (exact) mass is 396 g/mol. The van der Waals surface area contributed by atoms with Crippen LogP contribution in [-0.2, 0) is 0 Å². The Labute approximate surface area is 142 Å². The standard InChI is InChI=1S/C15H32N4.HI/c1-12(2)13(3)18-15(16-4)17-9-6-14-7-10-19(5)11-8-14;/h12-14H,6-11H2,1-5H3,(H2,16,17,18);1H. The minimum atomic E-state index is 0. The topological polar surface area (TPSA) is 39.7 Å². The van der Waals surface area contributed by atoms with Crippen LogP contribution in [-0.4, -0.2) is 50.6 Å². The van der Waals surface area contributed by atoms with Gasteiger partial charge in [-0.2, -0.15) is 0 Å². The van der Waals surface area contributed by atoms with Crippen molar-refractivity contribution < 1.29 is 0 Å². The van der Waals surface area contributed by atoms with E-state index in [0.29, 0.717) is 12.0 Å². The number of nitrogens with zero attached hydrogens (tertiary/aromatic N) is 2. The first kappa shape index (κ1) is 20.0. The number of likely N-dealkylation sites (tertiary alicyclic amines) is 1. The molecule has 1 unspecified atom stereocenters. The van der Waals surface area contributed by atoms with Crippen LogP contribution in [0, 0.1) is 11.8 Å². The summed E-state index contributed by atoms with van der Waals surface area (Å²) >= 11 is 0. The van der Waals surface area contributed by atoms with E-state index >= 15 is 0 Å². The number of piperidine rings is 1. The smallest absolute Gasteiger partial charge is 0.191 e. The van der Waals surface area contributed by atoms with Gasteiger partial charge in [0.15, 0.2) is 5.96 Å². The van der Waals surface area contributed by atoms with Crippen molar-refractivity contribution in [3.63, 3.8) is 0 Å². The highest BCUT2D eigenvalue weighted by molar-refractivity contribution is 14.0. The molecule has 0 radical (unpaired) electrons. The molecule has 0 saturated carbocycles. The van der Waals surface area contributed by atoms with E-state index < -0.39 is 0 Å². The third kappa shape index (κ3) is 7.67. The normalized spacial score (nSPS) is 19.6. The highest BCUT2D eigenvalue weighted by atomic mass is 127. The first-order chi connectivity index (χ1) is 9.02. The molecule has 0 aromatic carbocycles. The summed E-state index contributed by atoms with van der Waals surface area (Å²) in [4.78, 5) is 6.72. The first-order valence-electron chi connectivity index (χ1n) is 7.68. The van der Waals surface area contributed by atoms with Gasteiger partial charge in [0.2, 0.25) is 0 Å². The SMILES string of the molecule is CN=C(NCCC1CCN(C)CC1)NC(C)C(C)C.I. The second-order valence-corrected chi connectivity index (χ2v) is 6.21. The number of hydrogen-bond acceptors (Lipinski definition) is 2. The van der Waals surface area contributed by atoms with Crippen LogP contribution in [0.5, 0.6) is 0 Å². The van der Waals surface area contributed by atoms with E-state index in [-0.39, 0.29) is 24.0 Å². The Morgan fingerprint density at radius 3 is 2.35 bits per heavy atom. The van der Waals surface area contributed by atoms with Crippen LogP contribution in [0.2, 0.25) is 0 Å². The van der Waals surface area contributed by atoms with Gasteiger partial charge in [-0.15, -0.1) is 24.0 Å². The summed E-state index contributed by atoms with van der Waals surface area (Å²) in [6.45, 7) is 10.2. The van der Waals surface area contributed by atoms with Crippen LogP contribution in [0.3, 0.4) is 0 Å². The lowest BCUT2D eigenvalue weighted by Gasteiger charge is -2.29. The molecule has 1 saturated heterocycles. The van der Waals surface area contributed by atoms with Gasteiger partial charge in [0.1, 0.15) is 0 Å². The van der Waals surface area contributed by atoms with Crippen molar-refractivity contribution in [3.8, 4) is 0 Å². The molecule has 1 atom stereocenters. The molecule has 1 heterocycles. The molecule has 120 valence electrons. The third-order valence-electron chi connectivity index (χ3n) is 4.27. The van der Waals surface area contributed by atoms with Crippen molar-refractivity contribution in [2.45, 2.75) is 46.1 Å². The molecular formula is C15H33IN4. The van der Waals surface area contributed by atoms with Crippen LogP contribution in [0.4, 0.5) is 0 Å². The lowest BCUT2D eigenvalue weighted by atomic mass is 9.94. The molecule has 1 rings (SSSR count). The van der Waals surface area contributed by atoms with Crippen molar-refractivity contribution >= 4 is 29.9 Å². The van der Waals surface area contributed by atoms with Crippen LogP contribution in [0.1, 0.15) is 40.0 Å². The van der Waals surface area contributed by atoms with Crippen LogP contribution in [0.15, 0.2) is 4.99 Å². The lowest BCUT2D eigenvalue weighted by molar-refractivity contribution is 0.213. The summed E-state index contributed by atoms with van der Waals surface area (Å²) < 4.78 is 0. The van der Waals surface area contributed by atoms with Gasteiger partial charge in [0, 0.05) is 19.6 Å². The summed E-state index contributed by atoms with van der Waals surface area (Å²) in [6.07, 6.45) is 3.93. The molecule has 1 aliphatic rings. The van der Waals surface area contributed by atoms with Crippen molar-refractivity contribution in [1.82, 2.24) is 15.5 Å². The van der Waals surface area contributed by atoms with Crippen molar-refractivity contribution in [3.05, 3.63) is 0 Å². The van der Waals surface area contributed by atoms with E-state index in [4.69, 9.17) is 0 Å². The first-order valence-corrected chi connectivity index (χ1v) is 7.68. The minimum Gasteiger partial charge on any atom is -0.356 e. The van der Waals surface area contributed by atoms with Gasteiger partial charge in [-0.3, -0.25) is 4.99 Å². The summed E-state index contributed by atoms with van der Waals surface area (Å²) in [5.74, 6) is 2.44. The Hall–Kier alpha value is -0.0400. The Morgan fingerprint density at radius 2 is 1.85 bits per heavy atom. The third-order valence-corrected chi connectivity index (χ3v) is 4.27. The van der Waals surface area contributed by atoms with Crippen molar-refractivity contribution in [2.24, 2.45) is 16.8 Å². The number of halogens is 1. The second kappa shape index (κ2) is 10.7. The highest BCUT2D eigenvalue weighted by Gasteiger charge is 2.16. The maximum atomic E-state index is 4.29. The Morgan fingerprint density at radius 1 is 1.25 bits per heavy atom. The van der Waals surface area contributed by atoms with Gasteiger partial charge in [-0.25, -0.2) is 0 Å². The van der Waals surface area contributed by atoms with E-state index in [1.807, 2.05) is 7.05 Å². The zero-order valence-corrected chi connectivity index (χ0v) is 16.1. The van der Waals surface area contributed by atoms with E-state index in [1.54, 1.807) is 0 Å². The molecular weight excluding hydrogens is 363 g/mol. The van der Waals surface area contributed by atoms with Crippen molar-refractivity contribution in [2.75, 3.05) is 33.7 Å². The van der Waals surface area contributed by atoms with E-state index in [0.717, 1.165) is 18.4 Å². The summed E-state index contributed by atoms with van der Waals surface area (Å²) in [6, 6.07) is 0.453. The minimum absolute atomic E-state index is 0. The maximum absolute atomic E-state index is 4.29. The summed E-state index contributed by atoms with van der Waals surface area (Å²) in [5.41, 5.74) is 0. The van der Waals surface area contributed by atoms with Crippen LogP contribution in [0.25, 0.3) is 0 Å². The molecule has 0 aliphatic carbocycles. The van der Waals surface area contributed by atoms with E-state index in [9.17, 15) is 0 Å². The lowest BCUT2D eigenvalue weighted by Crippen LogP contribution is -2.44.